The second-order valence-corrected chi connectivity index (χ2v) is 3.17. The highest BCUT2D eigenvalue weighted by Crippen LogP contribution is 2.19. The number of halogens is 2. The maximum atomic E-state index is 12.8. The third-order valence-electron chi connectivity index (χ3n) is 1.90. The summed E-state index contributed by atoms with van der Waals surface area (Å²) >= 11 is 0. The second-order valence-electron chi connectivity index (χ2n) is 3.17. The molecule has 0 fully saturated rings. The third-order valence-corrected chi connectivity index (χ3v) is 1.90. The molecule has 1 atom stereocenters. The van der Waals surface area contributed by atoms with Crippen molar-refractivity contribution in [2.24, 2.45) is 0 Å². The Morgan fingerprint density at radius 1 is 1.29 bits per heavy atom. The predicted octanol–water partition coefficient (Wildman–Crippen LogP) is 2.09. The number of nitrogens with zero attached hydrogens (tertiary/aromatic N) is 2. The first-order valence-corrected chi connectivity index (χ1v) is 4.07. The van der Waals surface area contributed by atoms with E-state index in [1.165, 1.54) is 6.07 Å². The van der Waals surface area contributed by atoms with Crippen LogP contribution in [0.1, 0.15) is 11.6 Å². The first kappa shape index (κ1) is 10.6. The van der Waals surface area contributed by atoms with Gasteiger partial charge in [0.2, 0.25) is 0 Å². The number of benzene rings is 1. The number of rotatable bonds is 2. The Morgan fingerprint density at radius 3 is 2.36 bits per heavy atom. The van der Waals surface area contributed by atoms with Gasteiger partial charge in [0, 0.05) is 0 Å². The molecule has 1 unspecified atom stereocenters. The van der Waals surface area contributed by atoms with Crippen molar-refractivity contribution in [3.8, 4) is 6.07 Å². The molecule has 2 nitrogen and oxygen atoms in total. The van der Waals surface area contributed by atoms with Crippen molar-refractivity contribution in [1.82, 2.24) is 4.90 Å². The minimum absolute atomic E-state index is 0.455. The van der Waals surface area contributed by atoms with Crippen LogP contribution < -0.4 is 0 Å². The fourth-order valence-corrected chi connectivity index (χ4v) is 1.17. The topological polar surface area (TPSA) is 27.0 Å². The lowest BCUT2D eigenvalue weighted by molar-refractivity contribution is 0.356. The lowest BCUT2D eigenvalue weighted by Gasteiger charge is -2.17. The summed E-state index contributed by atoms with van der Waals surface area (Å²) in [5.74, 6) is -1.83. The van der Waals surface area contributed by atoms with E-state index in [-0.39, 0.29) is 0 Å². The lowest BCUT2D eigenvalue weighted by Crippen LogP contribution is -2.18. The molecule has 0 aliphatic heterocycles. The van der Waals surface area contributed by atoms with E-state index in [4.69, 9.17) is 5.26 Å². The van der Waals surface area contributed by atoms with Crippen LogP contribution in [-0.4, -0.2) is 19.0 Å². The summed E-state index contributed by atoms with van der Waals surface area (Å²) in [6.45, 7) is 0. The fourth-order valence-electron chi connectivity index (χ4n) is 1.17. The SMILES string of the molecule is CN(C)C(C#N)c1ccc(F)c(F)c1. The molecule has 0 aliphatic carbocycles. The lowest BCUT2D eigenvalue weighted by atomic mass is 10.1. The van der Waals surface area contributed by atoms with Crippen molar-refractivity contribution in [1.29, 1.82) is 5.26 Å². The van der Waals surface area contributed by atoms with Crippen molar-refractivity contribution in [3.05, 3.63) is 35.4 Å². The van der Waals surface area contributed by atoms with Crippen molar-refractivity contribution in [2.75, 3.05) is 14.1 Å². The summed E-state index contributed by atoms with van der Waals surface area (Å²) in [6.07, 6.45) is 0. The largest absolute Gasteiger partial charge is 0.291 e. The average Bonchev–Trinajstić information content (AvgIpc) is 2.11. The zero-order valence-corrected chi connectivity index (χ0v) is 7.96. The van der Waals surface area contributed by atoms with Crippen LogP contribution in [0.15, 0.2) is 18.2 Å². The van der Waals surface area contributed by atoms with Crippen LogP contribution in [0, 0.1) is 23.0 Å². The molecule has 0 aromatic heterocycles. The molecule has 0 aliphatic rings. The number of hydrogen-bond donors (Lipinski definition) is 0. The molecule has 0 saturated heterocycles. The molecule has 14 heavy (non-hydrogen) atoms. The van der Waals surface area contributed by atoms with Gasteiger partial charge in [0.15, 0.2) is 11.6 Å². The van der Waals surface area contributed by atoms with Crippen LogP contribution in [0.5, 0.6) is 0 Å². The van der Waals surface area contributed by atoms with Gasteiger partial charge in [-0.2, -0.15) is 5.26 Å². The van der Waals surface area contributed by atoms with Crippen molar-refractivity contribution < 1.29 is 8.78 Å². The van der Waals surface area contributed by atoms with Gasteiger partial charge >= 0.3 is 0 Å². The molecule has 1 rings (SSSR count). The van der Waals surface area contributed by atoms with Crippen LogP contribution >= 0.6 is 0 Å². The summed E-state index contributed by atoms with van der Waals surface area (Å²) in [5.41, 5.74) is 0.455. The fraction of sp³-hybridized carbons (Fsp3) is 0.300. The van der Waals surface area contributed by atoms with E-state index in [9.17, 15) is 8.78 Å². The summed E-state index contributed by atoms with van der Waals surface area (Å²) < 4.78 is 25.4. The number of hydrogen-bond acceptors (Lipinski definition) is 2. The molecule has 1 aromatic rings. The Hall–Kier alpha value is -1.47. The Kier molecular flexibility index (Phi) is 3.15. The van der Waals surface area contributed by atoms with E-state index in [1.807, 2.05) is 6.07 Å². The van der Waals surface area contributed by atoms with Crippen LogP contribution in [0.25, 0.3) is 0 Å². The van der Waals surface area contributed by atoms with Gasteiger partial charge in [-0.05, 0) is 31.8 Å². The molecule has 1 aromatic carbocycles. The highest BCUT2D eigenvalue weighted by atomic mass is 19.2. The molecular formula is C10H10F2N2. The van der Waals surface area contributed by atoms with E-state index < -0.39 is 17.7 Å². The molecule has 0 bridgehead atoms. The second kappa shape index (κ2) is 4.16. The molecule has 0 amide bonds. The minimum Gasteiger partial charge on any atom is -0.291 e. The first-order valence-electron chi connectivity index (χ1n) is 4.07. The predicted molar refractivity (Wildman–Crippen MR) is 48.4 cm³/mol. The van der Waals surface area contributed by atoms with Gasteiger partial charge in [-0.1, -0.05) is 6.07 Å². The zero-order chi connectivity index (χ0) is 10.7. The van der Waals surface area contributed by atoms with Crippen molar-refractivity contribution in [3.63, 3.8) is 0 Å². The molecule has 0 N–H and O–H groups in total. The summed E-state index contributed by atoms with van der Waals surface area (Å²) in [7, 11) is 3.41. The van der Waals surface area contributed by atoms with Crippen molar-refractivity contribution in [2.45, 2.75) is 6.04 Å². The van der Waals surface area contributed by atoms with E-state index in [1.54, 1.807) is 19.0 Å². The van der Waals surface area contributed by atoms with Crippen LogP contribution in [0.4, 0.5) is 8.78 Å². The Labute approximate surface area is 81.4 Å². The van der Waals surface area contributed by atoms with Gasteiger partial charge in [0.25, 0.3) is 0 Å². The van der Waals surface area contributed by atoms with Gasteiger partial charge in [0.1, 0.15) is 6.04 Å². The Morgan fingerprint density at radius 2 is 1.93 bits per heavy atom. The quantitative estimate of drug-likeness (QED) is 0.724. The van der Waals surface area contributed by atoms with Crippen LogP contribution in [0.3, 0.4) is 0 Å². The number of nitriles is 1. The van der Waals surface area contributed by atoms with E-state index in [0.717, 1.165) is 12.1 Å². The highest BCUT2D eigenvalue weighted by molar-refractivity contribution is 5.25. The maximum absolute atomic E-state index is 12.8. The zero-order valence-electron chi connectivity index (χ0n) is 7.96. The van der Waals surface area contributed by atoms with Crippen LogP contribution in [-0.2, 0) is 0 Å². The van der Waals surface area contributed by atoms with Gasteiger partial charge < -0.3 is 0 Å². The maximum Gasteiger partial charge on any atom is 0.159 e. The van der Waals surface area contributed by atoms with Crippen LogP contribution in [0.2, 0.25) is 0 Å². The summed E-state index contributed by atoms with van der Waals surface area (Å²) in [4.78, 5) is 1.63. The normalized spacial score (nSPS) is 12.6. The van der Waals surface area contributed by atoms with Crippen molar-refractivity contribution >= 4 is 0 Å². The molecule has 74 valence electrons. The summed E-state index contributed by atoms with van der Waals surface area (Å²) in [5, 5.41) is 8.80. The van der Waals surface area contributed by atoms with Gasteiger partial charge in [-0.3, -0.25) is 4.90 Å². The molecular weight excluding hydrogens is 186 g/mol. The summed E-state index contributed by atoms with van der Waals surface area (Å²) in [6, 6.07) is 4.93. The van der Waals surface area contributed by atoms with Gasteiger partial charge in [-0.15, -0.1) is 0 Å². The minimum atomic E-state index is -0.926. The van der Waals surface area contributed by atoms with E-state index in [2.05, 4.69) is 0 Å². The van der Waals surface area contributed by atoms with E-state index >= 15 is 0 Å². The molecule has 0 radical (unpaired) electrons. The molecule has 0 spiro atoms. The monoisotopic (exact) mass is 196 g/mol. The highest BCUT2D eigenvalue weighted by Gasteiger charge is 2.14. The first-order chi connectivity index (χ1) is 6.56. The standard InChI is InChI=1S/C10H10F2N2/c1-14(2)10(6-13)7-3-4-8(11)9(12)5-7/h3-5,10H,1-2H3. The average molecular weight is 196 g/mol. The Balaban J connectivity index is 3.08. The van der Waals surface area contributed by atoms with E-state index in [0.29, 0.717) is 5.56 Å². The Bertz CT molecular complexity index is 369. The molecule has 0 saturated carbocycles. The van der Waals surface area contributed by atoms with Gasteiger partial charge in [-0.25, -0.2) is 8.78 Å². The molecule has 0 heterocycles. The molecule has 4 heteroatoms. The third kappa shape index (κ3) is 2.06. The smallest absolute Gasteiger partial charge is 0.159 e. The van der Waals surface area contributed by atoms with Gasteiger partial charge in [0.05, 0.1) is 6.07 Å².